The number of rotatable bonds is 1. The summed E-state index contributed by atoms with van der Waals surface area (Å²) in [5.74, 6) is 0. The van der Waals surface area contributed by atoms with E-state index in [0.717, 1.165) is 0 Å². The van der Waals surface area contributed by atoms with Crippen LogP contribution in [0.2, 0.25) is 0 Å². The molecular formula is C2H7N5O3. The molecule has 8 heteroatoms. The highest BCUT2D eigenvalue weighted by molar-refractivity contribution is 5.70. The van der Waals surface area contributed by atoms with Crippen LogP contribution < -0.4 is 22.6 Å². The summed E-state index contributed by atoms with van der Waals surface area (Å²) in [5.41, 5.74) is 14.3. The van der Waals surface area contributed by atoms with E-state index in [1.807, 2.05) is 5.29 Å². The molecule has 0 aliphatic carbocycles. The summed E-state index contributed by atoms with van der Waals surface area (Å²) in [5, 5.41) is 1.96. The van der Waals surface area contributed by atoms with E-state index in [0.29, 0.717) is 0 Å². The molecule has 0 bridgehead atoms. The SMILES string of the molecule is NC(=O)NN=O.NC(N)=O. The number of nitroso groups, excluding NO2 is 1. The Bertz CT molecular complexity index is 129. The van der Waals surface area contributed by atoms with E-state index in [9.17, 15) is 4.79 Å². The Balaban J connectivity index is 0. The third-order valence-electron chi connectivity index (χ3n) is 0.156. The van der Waals surface area contributed by atoms with Gasteiger partial charge in [0.25, 0.3) is 0 Å². The van der Waals surface area contributed by atoms with Crippen molar-refractivity contribution in [3.8, 4) is 0 Å². The highest BCUT2D eigenvalue weighted by Gasteiger charge is 1.80. The second-order valence-electron chi connectivity index (χ2n) is 0.970. The molecule has 0 fully saturated rings. The van der Waals surface area contributed by atoms with Crippen LogP contribution >= 0.6 is 0 Å². The van der Waals surface area contributed by atoms with E-state index >= 15 is 0 Å². The summed E-state index contributed by atoms with van der Waals surface area (Å²) in [7, 11) is 0. The minimum absolute atomic E-state index is 0.833. The molecule has 0 heterocycles. The van der Waals surface area contributed by atoms with E-state index in [4.69, 9.17) is 9.70 Å². The van der Waals surface area contributed by atoms with Crippen LogP contribution in [0.1, 0.15) is 0 Å². The lowest BCUT2D eigenvalue weighted by atomic mass is 11.2. The average molecular weight is 149 g/mol. The molecule has 0 aromatic heterocycles. The first kappa shape index (κ1) is 11.0. The van der Waals surface area contributed by atoms with Gasteiger partial charge in [-0.1, -0.05) is 0 Å². The standard InChI is InChI=1S/CH3N3O2.CH4N2O/c2-1(5)3-4-6;2-1(3)4/h(H3,2,3,5,6);(H4,2,3,4). The van der Waals surface area contributed by atoms with Crippen molar-refractivity contribution in [1.29, 1.82) is 0 Å². The van der Waals surface area contributed by atoms with Crippen molar-refractivity contribution in [2.24, 2.45) is 22.5 Å². The van der Waals surface area contributed by atoms with Crippen molar-refractivity contribution in [2.45, 2.75) is 0 Å². The molecule has 0 saturated carbocycles. The Morgan fingerprint density at radius 2 is 1.50 bits per heavy atom. The second-order valence-corrected chi connectivity index (χ2v) is 0.970. The summed E-state index contributed by atoms with van der Waals surface area (Å²) in [4.78, 5) is 27.4. The van der Waals surface area contributed by atoms with Gasteiger partial charge in [0.05, 0.1) is 5.29 Å². The minimum Gasteiger partial charge on any atom is -0.352 e. The third kappa shape index (κ3) is 125. The molecule has 0 spiro atoms. The predicted octanol–water partition coefficient (Wildman–Crippen LogP) is -1.64. The molecule has 0 aliphatic rings. The van der Waals surface area contributed by atoms with Crippen molar-refractivity contribution in [3.63, 3.8) is 0 Å². The fraction of sp³-hybridized carbons (Fsp3) is 0. The van der Waals surface area contributed by atoms with E-state index in [-0.39, 0.29) is 0 Å². The fourth-order valence-corrected chi connectivity index (χ4v) is 0.0450. The molecule has 0 aliphatic heterocycles. The van der Waals surface area contributed by atoms with Gasteiger partial charge in [-0.25, -0.2) is 9.59 Å². The lowest BCUT2D eigenvalue weighted by Gasteiger charge is -1.77. The lowest BCUT2D eigenvalue weighted by molar-refractivity contribution is 0.249. The largest absolute Gasteiger partial charge is 0.352 e. The molecule has 0 radical (unpaired) electrons. The molecule has 0 aromatic carbocycles. The Morgan fingerprint density at radius 3 is 1.50 bits per heavy atom. The van der Waals surface area contributed by atoms with Crippen LogP contribution in [-0.2, 0) is 0 Å². The van der Waals surface area contributed by atoms with Crippen LogP contribution in [-0.4, -0.2) is 12.1 Å². The number of nitrogens with one attached hydrogen (secondary N) is 1. The molecule has 0 atom stereocenters. The van der Waals surface area contributed by atoms with Crippen molar-refractivity contribution < 1.29 is 9.59 Å². The monoisotopic (exact) mass is 149 g/mol. The van der Waals surface area contributed by atoms with E-state index in [1.54, 1.807) is 0 Å². The summed E-state index contributed by atoms with van der Waals surface area (Å²) in [6.45, 7) is 0. The summed E-state index contributed by atoms with van der Waals surface area (Å²) >= 11 is 0. The summed E-state index contributed by atoms with van der Waals surface area (Å²) in [6, 6.07) is -1.77. The number of nitrogens with two attached hydrogens (primary N) is 3. The molecule has 8 nitrogen and oxygen atoms in total. The van der Waals surface area contributed by atoms with Gasteiger partial charge in [0.15, 0.2) is 0 Å². The van der Waals surface area contributed by atoms with Gasteiger partial charge in [-0.2, -0.15) is 5.43 Å². The number of carbonyl (C=O) groups excluding carboxylic acids is 2. The number of hydrogen-bond acceptors (Lipinski definition) is 4. The maximum Gasteiger partial charge on any atom is 0.335 e. The number of carbonyl (C=O) groups is 2. The number of urea groups is 2. The highest BCUT2D eigenvalue weighted by atomic mass is 16.3. The quantitative estimate of drug-likeness (QED) is 0.261. The molecule has 58 valence electrons. The zero-order valence-electron chi connectivity index (χ0n) is 4.90. The summed E-state index contributed by atoms with van der Waals surface area (Å²) < 4.78 is 0. The van der Waals surface area contributed by atoms with Crippen LogP contribution in [0.4, 0.5) is 9.59 Å². The lowest BCUT2D eigenvalue weighted by Crippen LogP contribution is -2.23. The topological polar surface area (TPSA) is 154 Å². The average Bonchev–Trinajstić information content (AvgIpc) is 1.62. The number of amides is 4. The maximum atomic E-state index is 9.42. The normalized spacial score (nSPS) is 6.40. The molecule has 0 rings (SSSR count). The van der Waals surface area contributed by atoms with Gasteiger partial charge in [-0.05, 0) is 0 Å². The zero-order chi connectivity index (χ0) is 8.57. The zero-order valence-corrected chi connectivity index (χ0v) is 4.90. The molecule has 10 heavy (non-hydrogen) atoms. The van der Waals surface area contributed by atoms with Crippen molar-refractivity contribution in [2.75, 3.05) is 0 Å². The molecule has 0 saturated heterocycles. The molecule has 4 amide bonds. The molecular weight excluding hydrogens is 142 g/mol. The Morgan fingerprint density at radius 1 is 1.20 bits per heavy atom. The molecule has 0 aromatic rings. The first-order valence-electron chi connectivity index (χ1n) is 1.93. The minimum atomic E-state index is -0.940. The van der Waals surface area contributed by atoms with Crippen molar-refractivity contribution in [3.05, 3.63) is 4.91 Å². The van der Waals surface area contributed by atoms with E-state index in [2.05, 4.69) is 17.2 Å². The van der Waals surface area contributed by atoms with Crippen molar-refractivity contribution in [1.82, 2.24) is 5.43 Å². The van der Waals surface area contributed by atoms with Gasteiger partial charge < -0.3 is 17.2 Å². The van der Waals surface area contributed by atoms with Gasteiger partial charge in [0, 0.05) is 0 Å². The first-order valence-corrected chi connectivity index (χ1v) is 1.93. The van der Waals surface area contributed by atoms with Crippen LogP contribution in [0.15, 0.2) is 5.29 Å². The van der Waals surface area contributed by atoms with Gasteiger partial charge >= 0.3 is 12.1 Å². The van der Waals surface area contributed by atoms with Gasteiger partial charge in [0.2, 0.25) is 0 Å². The highest BCUT2D eigenvalue weighted by Crippen LogP contribution is 1.49. The van der Waals surface area contributed by atoms with Crippen LogP contribution in [0.3, 0.4) is 0 Å². The van der Waals surface area contributed by atoms with E-state index < -0.39 is 12.1 Å². The smallest absolute Gasteiger partial charge is 0.335 e. The number of nitrogens with zero attached hydrogens (tertiary/aromatic N) is 1. The van der Waals surface area contributed by atoms with Gasteiger partial charge in [-0.3, -0.25) is 0 Å². The summed E-state index contributed by atoms with van der Waals surface area (Å²) in [6.07, 6.45) is 0. The van der Waals surface area contributed by atoms with E-state index in [1.165, 1.54) is 5.43 Å². The van der Waals surface area contributed by atoms with Crippen LogP contribution in [0, 0.1) is 4.91 Å². The predicted molar refractivity (Wildman–Crippen MR) is 32.3 cm³/mol. The number of primary amides is 3. The van der Waals surface area contributed by atoms with Crippen molar-refractivity contribution >= 4 is 12.1 Å². The van der Waals surface area contributed by atoms with Crippen LogP contribution in [0.5, 0.6) is 0 Å². The van der Waals surface area contributed by atoms with Crippen LogP contribution in [0.25, 0.3) is 0 Å². The Kier molecular flexibility index (Phi) is 7.86. The number of hydrogen-bond donors (Lipinski definition) is 4. The Hall–Kier alpha value is -1.86. The second kappa shape index (κ2) is 7.14. The molecule has 0 unspecified atom stereocenters. The van der Waals surface area contributed by atoms with Gasteiger partial charge in [-0.15, -0.1) is 4.91 Å². The molecule has 7 N–H and O–H groups in total. The Labute approximate surface area is 55.7 Å². The third-order valence-corrected chi connectivity index (χ3v) is 0.156. The fourth-order valence-electron chi connectivity index (χ4n) is 0.0450. The first-order chi connectivity index (χ1) is 4.50. The maximum absolute atomic E-state index is 9.42. The van der Waals surface area contributed by atoms with Gasteiger partial charge in [0.1, 0.15) is 0 Å².